The van der Waals surface area contributed by atoms with Crippen LogP contribution < -0.4 is 5.73 Å². The van der Waals surface area contributed by atoms with Crippen LogP contribution in [-0.2, 0) is 4.74 Å². The molecule has 1 aliphatic heterocycles. The van der Waals surface area contributed by atoms with Crippen LogP contribution >= 0.6 is 0 Å². The summed E-state index contributed by atoms with van der Waals surface area (Å²) in [6.07, 6.45) is 1.20. The first-order valence-corrected chi connectivity index (χ1v) is 5.46. The van der Waals surface area contributed by atoms with Gasteiger partial charge in [0, 0.05) is 18.0 Å². The molecule has 0 amide bonds. The van der Waals surface area contributed by atoms with Crippen LogP contribution in [0.4, 0.5) is 0 Å². The zero-order valence-corrected chi connectivity index (χ0v) is 9.92. The Morgan fingerprint density at radius 1 is 1.36 bits per heavy atom. The molecule has 1 aliphatic rings. The summed E-state index contributed by atoms with van der Waals surface area (Å²) in [5, 5.41) is 0. The highest BCUT2D eigenvalue weighted by atomic mass is 16.5. The number of nitrogens with two attached hydrogens (primary N) is 1. The Morgan fingerprint density at radius 2 is 1.93 bits per heavy atom. The molecule has 84 valence electrons. The van der Waals surface area contributed by atoms with E-state index in [2.05, 4.69) is 32.8 Å². The SMILES string of the molecule is CC(C)CC(N(C)C)C1(CN)COC1. The minimum Gasteiger partial charge on any atom is -0.380 e. The van der Waals surface area contributed by atoms with E-state index < -0.39 is 0 Å². The Morgan fingerprint density at radius 3 is 2.14 bits per heavy atom. The van der Waals surface area contributed by atoms with Crippen LogP contribution in [0.1, 0.15) is 20.3 Å². The van der Waals surface area contributed by atoms with Gasteiger partial charge >= 0.3 is 0 Å². The second-order valence-corrected chi connectivity index (χ2v) is 5.17. The Hall–Kier alpha value is -0.120. The highest BCUT2D eigenvalue weighted by Crippen LogP contribution is 2.35. The Balaban J connectivity index is 2.65. The predicted octanol–water partition coefficient (Wildman–Crippen LogP) is 0.938. The van der Waals surface area contributed by atoms with Gasteiger partial charge in [-0.05, 0) is 26.4 Å². The predicted molar refractivity (Wildman–Crippen MR) is 59.2 cm³/mol. The van der Waals surface area contributed by atoms with Gasteiger partial charge in [0.1, 0.15) is 0 Å². The molecule has 0 aromatic carbocycles. The van der Waals surface area contributed by atoms with Gasteiger partial charge in [0.15, 0.2) is 0 Å². The molecule has 3 heteroatoms. The van der Waals surface area contributed by atoms with Crippen molar-refractivity contribution < 1.29 is 4.74 Å². The number of ether oxygens (including phenoxy) is 1. The molecular formula is C11H24N2O. The summed E-state index contributed by atoms with van der Waals surface area (Å²) in [4.78, 5) is 2.30. The molecule has 1 atom stereocenters. The maximum atomic E-state index is 5.88. The first kappa shape index (κ1) is 12.0. The minimum absolute atomic E-state index is 0.216. The largest absolute Gasteiger partial charge is 0.380 e. The summed E-state index contributed by atoms with van der Waals surface area (Å²) in [7, 11) is 4.28. The molecular weight excluding hydrogens is 176 g/mol. The zero-order chi connectivity index (χ0) is 10.8. The molecule has 2 N–H and O–H groups in total. The molecule has 0 aliphatic carbocycles. The lowest BCUT2D eigenvalue weighted by atomic mass is 9.74. The Kier molecular flexibility index (Phi) is 3.93. The van der Waals surface area contributed by atoms with Crippen LogP contribution in [0.5, 0.6) is 0 Å². The molecule has 0 aromatic heterocycles. The lowest BCUT2D eigenvalue weighted by molar-refractivity contribution is -0.146. The van der Waals surface area contributed by atoms with Crippen LogP contribution in [-0.4, -0.2) is 44.8 Å². The first-order valence-electron chi connectivity index (χ1n) is 5.46. The van der Waals surface area contributed by atoms with E-state index in [1.165, 1.54) is 6.42 Å². The molecule has 14 heavy (non-hydrogen) atoms. The topological polar surface area (TPSA) is 38.5 Å². The maximum Gasteiger partial charge on any atom is 0.0572 e. The number of hydrogen-bond acceptors (Lipinski definition) is 3. The number of nitrogens with zero attached hydrogens (tertiary/aromatic N) is 1. The van der Waals surface area contributed by atoms with E-state index in [1.807, 2.05) is 0 Å². The van der Waals surface area contributed by atoms with Crippen molar-refractivity contribution in [1.82, 2.24) is 4.90 Å². The summed E-state index contributed by atoms with van der Waals surface area (Å²) >= 11 is 0. The zero-order valence-electron chi connectivity index (χ0n) is 9.92. The number of rotatable bonds is 5. The van der Waals surface area contributed by atoms with Crippen molar-refractivity contribution in [3.05, 3.63) is 0 Å². The van der Waals surface area contributed by atoms with Gasteiger partial charge in [0.05, 0.1) is 13.2 Å². The highest BCUT2D eigenvalue weighted by Gasteiger charge is 2.45. The summed E-state index contributed by atoms with van der Waals surface area (Å²) in [5.41, 5.74) is 6.09. The van der Waals surface area contributed by atoms with Gasteiger partial charge in [-0.1, -0.05) is 13.8 Å². The molecule has 1 fully saturated rings. The minimum atomic E-state index is 0.216. The van der Waals surface area contributed by atoms with Crippen molar-refractivity contribution in [3.8, 4) is 0 Å². The molecule has 0 radical (unpaired) electrons. The van der Waals surface area contributed by atoms with Crippen molar-refractivity contribution in [2.75, 3.05) is 33.9 Å². The van der Waals surface area contributed by atoms with Gasteiger partial charge in [-0.15, -0.1) is 0 Å². The van der Waals surface area contributed by atoms with Crippen LogP contribution in [0, 0.1) is 11.3 Å². The second kappa shape index (κ2) is 4.60. The fraction of sp³-hybridized carbons (Fsp3) is 1.00. The molecule has 0 saturated carbocycles. The molecule has 0 bridgehead atoms. The van der Waals surface area contributed by atoms with Crippen LogP contribution in [0.3, 0.4) is 0 Å². The smallest absolute Gasteiger partial charge is 0.0572 e. The van der Waals surface area contributed by atoms with Gasteiger partial charge < -0.3 is 15.4 Å². The van der Waals surface area contributed by atoms with Crippen molar-refractivity contribution in [2.24, 2.45) is 17.1 Å². The standard InChI is InChI=1S/C11H24N2O/c1-9(2)5-10(13(3)4)11(6-12)7-14-8-11/h9-10H,5-8,12H2,1-4H3. The number of hydrogen-bond donors (Lipinski definition) is 1. The van der Waals surface area contributed by atoms with Crippen LogP contribution in [0.25, 0.3) is 0 Å². The van der Waals surface area contributed by atoms with Crippen LogP contribution in [0.2, 0.25) is 0 Å². The molecule has 1 rings (SSSR count). The van der Waals surface area contributed by atoms with E-state index in [9.17, 15) is 0 Å². The average molecular weight is 200 g/mol. The highest BCUT2D eigenvalue weighted by molar-refractivity contribution is 4.97. The van der Waals surface area contributed by atoms with Gasteiger partial charge in [-0.25, -0.2) is 0 Å². The lowest BCUT2D eigenvalue weighted by Gasteiger charge is -2.49. The fourth-order valence-electron chi connectivity index (χ4n) is 2.27. The maximum absolute atomic E-state index is 5.88. The third kappa shape index (κ3) is 2.27. The van der Waals surface area contributed by atoms with E-state index in [0.29, 0.717) is 12.0 Å². The summed E-state index contributed by atoms with van der Waals surface area (Å²) in [6.45, 7) is 6.93. The third-order valence-corrected chi connectivity index (χ3v) is 3.21. The summed E-state index contributed by atoms with van der Waals surface area (Å²) in [5.74, 6) is 0.714. The Labute approximate surface area is 87.6 Å². The first-order chi connectivity index (χ1) is 6.52. The van der Waals surface area contributed by atoms with Crippen LogP contribution in [0.15, 0.2) is 0 Å². The Bertz CT molecular complexity index is 171. The second-order valence-electron chi connectivity index (χ2n) is 5.17. The molecule has 0 aromatic rings. The van der Waals surface area contributed by atoms with Crippen molar-refractivity contribution in [3.63, 3.8) is 0 Å². The van der Waals surface area contributed by atoms with Gasteiger partial charge in [-0.3, -0.25) is 0 Å². The van der Waals surface area contributed by atoms with Gasteiger partial charge in [-0.2, -0.15) is 0 Å². The molecule has 3 nitrogen and oxygen atoms in total. The summed E-state index contributed by atoms with van der Waals surface area (Å²) in [6, 6.07) is 0.557. The van der Waals surface area contributed by atoms with Crippen molar-refractivity contribution in [1.29, 1.82) is 0 Å². The molecule has 1 unspecified atom stereocenters. The van der Waals surface area contributed by atoms with Gasteiger partial charge in [0.2, 0.25) is 0 Å². The normalized spacial score (nSPS) is 22.5. The summed E-state index contributed by atoms with van der Waals surface area (Å²) < 4.78 is 5.34. The molecule has 1 heterocycles. The lowest BCUT2D eigenvalue weighted by Crippen LogP contribution is -2.60. The van der Waals surface area contributed by atoms with E-state index in [0.717, 1.165) is 19.8 Å². The molecule has 0 spiro atoms. The quantitative estimate of drug-likeness (QED) is 0.718. The van der Waals surface area contributed by atoms with E-state index in [4.69, 9.17) is 10.5 Å². The average Bonchev–Trinajstić information content (AvgIpc) is 2.00. The monoisotopic (exact) mass is 200 g/mol. The van der Waals surface area contributed by atoms with Crippen molar-refractivity contribution in [2.45, 2.75) is 26.3 Å². The van der Waals surface area contributed by atoms with E-state index in [1.54, 1.807) is 0 Å². The van der Waals surface area contributed by atoms with E-state index in [-0.39, 0.29) is 5.41 Å². The third-order valence-electron chi connectivity index (χ3n) is 3.21. The van der Waals surface area contributed by atoms with E-state index >= 15 is 0 Å². The molecule has 1 saturated heterocycles. The fourth-order valence-corrected chi connectivity index (χ4v) is 2.27. The van der Waals surface area contributed by atoms with Crippen molar-refractivity contribution >= 4 is 0 Å². The van der Waals surface area contributed by atoms with Gasteiger partial charge in [0.25, 0.3) is 0 Å².